The number of pyridine rings is 1. The monoisotopic (exact) mass is 279 g/mol. The third kappa shape index (κ3) is 2.23. The molecule has 102 valence electrons. The fourth-order valence-corrected chi connectivity index (χ4v) is 2.98. The summed E-state index contributed by atoms with van der Waals surface area (Å²) in [6.45, 7) is 5.01. The van der Waals surface area contributed by atoms with Crippen LogP contribution in [-0.2, 0) is 10.6 Å². The van der Waals surface area contributed by atoms with Crippen LogP contribution in [-0.4, -0.2) is 27.2 Å². The van der Waals surface area contributed by atoms with Gasteiger partial charge in [-0.05, 0) is 38.8 Å². The topological polar surface area (TPSA) is 39.9 Å². The Bertz CT molecular complexity index is 590. The van der Waals surface area contributed by atoms with Crippen molar-refractivity contribution in [2.24, 2.45) is 0 Å². The van der Waals surface area contributed by atoms with Crippen molar-refractivity contribution in [3.8, 4) is 0 Å². The fraction of sp³-hybridized carbons (Fsp3) is 0.571. The Kier molecular flexibility index (Phi) is 3.46. The van der Waals surface area contributed by atoms with Gasteiger partial charge in [0.15, 0.2) is 5.65 Å². The van der Waals surface area contributed by atoms with E-state index in [1.165, 1.54) is 0 Å². The maximum absolute atomic E-state index is 6.04. The Labute approximate surface area is 117 Å². The number of imidazole rings is 1. The number of rotatable bonds is 3. The van der Waals surface area contributed by atoms with Crippen molar-refractivity contribution in [3.05, 3.63) is 23.7 Å². The first kappa shape index (κ1) is 12.9. The highest BCUT2D eigenvalue weighted by atomic mass is 35.5. The maximum atomic E-state index is 6.04. The molecule has 0 N–H and O–H groups in total. The molecule has 0 aliphatic carbocycles. The van der Waals surface area contributed by atoms with Crippen molar-refractivity contribution in [1.29, 1.82) is 0 Å². The van der Waals surface area contributed by atoms with Crippen LogP contribution in [0.5, 0.6) is 0 Å². The van der Waals surface area contributed by atoms with Crippen LogP contribution >= 0.6 is 11.6 Å². The molecule has 2 unspecified atom stereocenters. The van der Waals surface area contributed by atoms with Gasteiger partial charge < -0.3 is 9.30 Å². The van der Waals surface area contributed by atoms with Crippen LogP contribution < -0.4 is 0 Å². The van der Waals surface area contributed by atoms with Crippen molar-refractivity contribution in [2.75, 3.05) is 6.61 Å². The highest BCUT2D eigenvalue weighted by Crippen LogP contribution is 2.29. The number of hydrogen-bond donors (Lipinski definition) is 0. The number of halogens is 1. The molecule has 2 atom stereocenters. The maximum Gasteiger partial charge on any atom is 0.160 e. The molecule has 0 radical (unpaired) electrons. The Morgan fingerprint density at radius 3 is 3.00 bits per heavy atom. The zero-order valence-electron chi connectivity index (χ0n) is 11.3. The lowest BCUT2D eigenvalue weighted by molar-refractivity contribution is 0.0736. The van der Waals surface area contributed by atoms with Gasteiger partial charge in [0.2, 0.25) is 0 Å². The quantitative estimate of drug-likeness (QED) is 0.810. The molecule has 1 aliphatic heterocycles. The van der Waals surface area contributed by atoms with E-state index < -0.39 is 0 Å². The van der Waals surface area contributed by atoms with Gasteiger partial charge in [0.05, 0.1) is 18.0 Å². The van der Waals surface area contributed by atoms with E-state index in [1.54, 1.807) is 0 Å². The Balaban J connectivity index is 2.11. The standard InChI is InChI=1S/C14H18ClN3O/c1-9-5-6-11-14(16-9)18(13(8-15)17-11)10(2)12-4-3-7-19-12/h5-6,10,12H,3-4,7-8H2,1-2H3. The SMILES string of the molecule is Cc1ccc2nc(CCl)n(C(C)C3CCCO3)c2n1. The summed E-state index contributed by atoms with van der Waals surface area (Å²) in [5.74, 6) is 1.27. The minimum atomic E-state index is 0.218. The summed E-state index contributed by atoms with van der Waals surface area (Å²) in [7, 11) is 0. The van der Waals surface area contributed by atoms with Crippen LogP contribution in [0.15, 0.2) is 12.1 Å². The molecular weight excluding hydrogens is 262 g/mol. The number of hydrogen-bond acceptors (Lipinski definition) is 3. The lowest BCUT2D eigenvalue weighted by atomic mass is 10.1. The van der Waals surface area contributed by atoms with Gasteiger partial charge >= 0.3 is 0 Å². The highest BCUT2D eigenvalue weighted by molar-refractivity contribution is 6.16. The summed E-state index contributed by atoms with van der Waals surface area (Å²) in [6, 6.07) is 4.21. The average Bonchev–Trinajstić information content (AvgIpc) is 3.04. The van der Waals surface area contributed by atoms with Crippen molar-refractivity contribution in [2.45, 2.75) is 44.7 Å². The van der Waals surface area contributed by atoms with E-state index >= 15 is 0 Å². The van der Waals surface area contributed by atoms with Gasteiger partial charge in [-0.1, -0.05) is 0 Å². The molecule has 1 aliphatic rings. The van der Waals surface area contributed by atoms with E-state index in [4.69, 9.17) is 16.3 Å². The predicted molar refractivity (Wildman–Crippen MR) is 75.5 cm³/mol. The van der Waals surface area contributed by atoms with Gasteiger partial charge in [-0.25, -0.2) is 9.97 Å². The van der Waals surface area contributed by atoms with E-state index in [0.717, 1.165) is 42.1 Å². The average molecular weight is 280 g/mol. The second-order valence-electron chi connectivity index (χ2n) is 5.12. The van der Waals surface area contributed by atoms with E-state index in [1.807, 2.05) is 19.1 Å². The number of aryl methyl sites for hydroxylation is 1. The van der Waals surface area contributed by atoms with E-state index in [9.17, 15) is 0 Å². The van der Waals surface area contributed by atoms with Gasteiger partial charge in [0.1, 0.15) is 11.3 Å². The number of ether oxygens (including phenoxy) is 1. The third-order valence-electron chi connectivity index (χ3n) is 3.78. The second kappa shape index (κ2) is 5.10. The zero-order chi connectivity index (χ0) is 13.4. The zero-order valence-corrected chi connectivity index (χ0v) is 12.0. The molecule has 3 rings (SSSR count). The van der Waals surface area contributed by atoms with Crippen LogP contribution in [0.3, 0.4) is 0 Å². The molecule has 0 aromatic carbocycles. The van der Waals surface area contributed by atoms with Crippen LogP contribution in [0.2, 0.25) is 0 Å². The van der Waals surface area contributed by atoms with Crippen LogP contribution in [0.25, 0.3) is 11.2 Å². The predicted octanol–water partition coefficient (Wildman–Crippen LogP) is 3.22. The molecule has 3 heterocycles. The summed E-state index contributed by atoms with van der Waals surface area (Å²) >= 11 is 6.04. The molecule has 2 aromatic rings. The molecule has 1 saturated heterocycles. The largest absolute Gasteiger partial charge is 0.376 e. The van der Waals surface area contributed by atoms with Crippen LogP contribution in [0.1, 0.15) is 37.3 Å². The van der Waals surface area contributed by atoms with Crippen LogP contribution in [0.4, 0.5) is 0 Å². The van der Waals surface area contributed by atoms with Gasteiger partial charge in [-0.3, -0.25) is 0 Å². The van der Waals surface area contributed by atoms with Gasteiger partial charge in [-0.2, -0.15) is 0 Å². The number of alkyl halides is 1. The Morgan fingerprint density at radius 1 is 1.47 bits per heavy atom. The number of aromatic nitrogens is 3. The van der Waals surface area contributed by atoms with Gasteiger partial charge in [0.25, 0.3) is 0 Å². The first-order chi connectivity index (χ1) is 9.20. The molecule has 19 heavy (non-hydrogen) atoms. The van der Waals surface area contributed by atoms with Crippen molar-refractivity contribution >= 4 is 22.8 Å². The smallest absolute Gasteiger partial charge is 0.160 e. The molecule has 4 nitrogen and oxygen atoms in total. The van der Waals surface area contributed by atoms with Gasteiger partial charge in [0, 0.05) is 12.3 Å². The van der Waals surface area contributed by atoms with E-state index in [-0.39, 0.29) is 12.1 Å². The Hall–Kier alpha value is -1.13. The third-order valence-corrected chi connectivity index (χ3v) is 4.02. The lowest BCUT2D eigenvalue weighted by Gasteiger charge is -2.22. The number of nitrogens with zero attached hydrogens (tertiary/aromatic N) is 3. The first-order valence-corrected chi connectivity index (χ1v) is 7.26. The van der Waals surface area contributed by atoms with Crippen molar-refractivity contribution in [3.63, 3.8) is 0 Å². The molecule has 0 spiro atoms. The molecule has 2 aromatic heterocycles. The van der Waals surface area contributed by atoms with Crippen molar-refractivity contribution in [1.82, 2.24) is 14.5 Å². The summed E-state index contributed by atoms with van der Waals surface area (Å²) in [5.41, 5.74) is 2.82. The fourth-order valence-electron chi connectivity index (χ4n) is 2.79. The minimum Gasteiger partial charge on any atom is -0.376 e. The molecule has 0 amide bonds. The summed E-state index contributed by atoms with van der Waals surface area (Å²) < 4.78 is 7.94. The van der Waals surface area contributed by atoms with E-state index in [0.29, 0.717) is 5.88 Å². The second-order valence-corrected chi connectivity index (χ2v) is 5.39. The van der Waals surface area contributed by atoms with Crippen molar-refractivity contribution < 1.29 is 4.74 Å². The summed E-state index contributed by atoms with van der Waals surface area (Å²) in [5, 5.41) is 0. The highest BCUT2D eigenvalue weighted by Gasteiger charge is 2.27. The number of fused-ring (bicyclic) bond motifs is 1. The summed E-state index contributed by atoms with van der Waals surface area (Å²) in [6.07, 6.45) is 2.46. The first-order valence-electron chi connectivity index (χ1n) is 6.72. The lowest BCUT2D eigenvalue weighted by Crippen LogP contribution is -2.22. The molecular formula is C14H18ClN3O. The minimum absolute atomic E-state index is 0.218. The normalized spacial score (nSPS) is 21.1. The molecule has 0 bridgehead atoms. The Morgan fingerprint density at radius 2 is 2.32 bits per heavy atom. The summed E-state index contributed by atoms with van der Waals surface area (Å²) in [4.78, 5) is 9.20. The van der Waals surface area contributed by atoms with Crippen LogP contribution in [0, 0.1) is 6.92 Å². The molecule has 1 fully saturated rings. The van der Waals surface area contributed by atoms with Gasteiger partial charge in [-0.15, -0.1) is 11.6 Å². The van der Waals surface area contributed by atoms with E-state index in [2.05, 4.69) is 21.5 Å². The molecule has 0 saturated carbocycles. The molecule has 5 heteroatoms.